The molecule has 0 aliphatic carbocycles. The quantitative estimate of drug-likeness (QED) is 0.768. The van der Waals surface area contributed by atoms with E-state index in [0.29, 0.717) is 22.3 Å². The van der Waals surface area contributed by atoms with Gasteiger partial charge in [0.1, 0.15) is 11.9 Å². The van der Waals surface area contributed by atoms with Gasteiger partial charge in [0.05, 0.1) is 25.2 Å². The summed E-state index contributed by atoms with van der Waals surface area (Å²) in [5, 5.41) is 5.74. The summed E-state index contributed by atoms with van der Waals surface area (Å²) >= 11 is 5.95. The van der Waals surface area contributed by atoms with Gasteiger partial charge >= 0.3 is 6.03 Å². The van der Waals surface area contributed by atoms with E-state index < -0.39 is 6.03 Å². The third-order valence-corrected chi connectivity index (χ3v) is 3.44. The van der Waals surface area contributed by atoms with Crippen LogP contribution in [0.3, 0.4) is 0 Å². The molecule has 0 unspecified atom stereocenters. The number of hydrogen-bond donors (Lipinski definition) is 2. The molecule has 0 bridgehead atoms. The molecule has 9 heteroatoms. The third kappa shape index (κ3) is 6.05. The number of methoxy groups -OCH3 is 1. The molecule has 8 nitrogen and oxygen atoms in total. The minimum atomic E-state index is -0.502. The number of nitrogens with zero attached hydrogens (tertiary/aromatic N) is 3. The van der Waals surface area contributed by atoms with Crippen LogP contribution in [0.4, 0.5) is 16.3 Å². The molecule has 1 heterocycles. The van der Waals surface area contributed by atoms with Gasteiger partial charge in [0, 0.05) is 11.6 Å². The molecule has 0 aliphatic heterocycles. The first kappa shape index (κ1) is 19.7. The predicted molar refractivity (Wildman–Crippen MR) is 101 cm³/mol. The Labute approximate surface area is 157 Å². The summed E-state index contributed by atoms with van der Waals surface area (Å²) < 4.78 is 10.9. The van der Waals surface area contributed by atoms with Crippen molar-refractivity contribution in [1.82, 2.24) is 14.9 Å². The number of carbonyl (C=O) groups is 1. The van der Waals surface area contributed by atoms with Gasteiger partial charge in [-0.2, -0.15) is 4.98 Å². The molecule has 2 aromatic rings. The molecule has 2 rings (SSSR count). The number of halogens is 1. The first-order chi connectivity index (χ1) is 12.4. The summed E-state index contributed by atoms with van der Waals surface area (Å²) in [6.07, 6.45) is 2.85. The Morgan fingerprint density at radius 3 is 2.77 bits per heavy atom. The second kappa shape index (κ2) is 9.21. The summed E-state index contributed by atoms with van der Waals surface area (Å²) in [5.41, 5.74) is 0.442. The summed E-state index contributed by atoms with van der Waals surface area (Å²) in [5.74, 6) is 1.08. The van der Waals surface area contributed by atoms with Crippen molar-refractivity contribution in [3.05, 3.63) is 35.6 Å². The van der Waals surface area contributed by atoms with Crippen LogP contribution in [0.25, 0.3) is 0 Å². The van der Waals surface area contributed by atoms with Crippen molar-refractivity contribution in [2.75, 3.05) is 38.4 Å². The van der Waals surface area contributed by atoms with Crippen LogP contribution in [0.1, 0.15) is 6.92 Å². The Balaban J connectivity index is 2.01. The number of ether oxygens (including phenoxy) is 2. The van der Waals surface area contributed by atoms with E-state index in [1.807, 2.05) is 25.9 Å². The lowest BCUT2D eigenvalue weighted by atomic mass is 10.3. The topological polar surface area (TPSA) is 88.6 Å². The zero-order chi connectivity index (χ0) is 19.1. The number of carbonyl (C=O) groups excluding carboxylic acids is 1. The van der Waals surface area contributed by atoms with E-state index in [4.69, 9.17) is 21.1 Å². The number of urea groups is 1. The van der Waals surface area contributed by atoms with Crippen LogP contribution in [-0.4, -0.2) is 54.8 Å². The highest BCUT2D eigenvalue weighted by Gasteiger charge is 2.11. The Bertz CT molecular complexity index is 757. The summed E-state index contributed by atoms with van der Waals surface area (Å²) in [4.78, 5) is 22.5. The lowest BCUT2D eigenvalue weighted by molar-refractivity contribution is 0.170. The lowest BCUT2D eigenvalue weighted by Crippen LogP contribution is -2.28. The van der Waals surface area contributed by atoms with Gasteiger partial charge in [0.15, 0.2) is 5.82 Å². The first-order valence-electron chi connectivity index (χ1n) is 7.92. The molecule has 0 fully saturated rings. The Morgan fingerprint density at radius 2 is 2.08 bits per heavy atom. The highest BCUT2D eigenvalue weighted by molar-refractivity contribution is 6.31. The number of hydrogen-bond acceptors (Lipinski definition) is 6. The van der Waals surface area contributed by atoms with Crippen molar-refractivity contribution in [2.24, 2.45) is 0 Å². The number of likely N-dealkylation sites (N-methyl/N-ethyl adjacent to an activating group) is 1. The number of rotatable bonds is 7. The number of anilines is 2. The zero-order valence-electron chi connectivity index (χ0n) is 15.1. The van der Waals surface area contributed by atoms with E-state index in [1.54, 1.807) is 18.2 Å². The minimum absolute atomic E-state index is 0.0703. The van der Waals surface area contributed by atoms with E-state index in [2.05, 4.69) is 20.6 Å². The molecule has 2 amide bonds. The van der Waals surface area contributed by atoms with Crippen molar-refractivity contribution in [2.45, 2.75) is 13.0 Å². The normalized spacial score (nSPS) is 11.8. The summed E-state index contributed by atoms with van der Waals surface area (Å²) in [7, 11) is 5.42. The van der Waals surface area contributed by atoms with E-state index in [1.165, 1.54) is 19.5 Å². The predicted octanol–water partition coefficient (Wildman–Crippen LogP) is 3.11. The molecule has 0 aliphatic rings. The number of aromatic nitrogens is 2. The molecule has 0 saturated heterocycles. The molecular weight excluding hydrogens is 358 g/mol. The van der Waals surface area contributed by atoms with Crippen LogP contribution in [0.5, 0.6) is 11.6 Å². The molecule has 2 N–H and O–H groups in total. The fourth-order valence-corrected chi connectivity index (χ4v) is 2.44. The first-order valence-corrected chi connectivity index (χ1v) is 8.30. The van der Waals surface area contributed by atoms with Crippen LogP contribution in [-0.2, 0) is 0 Å². The molecule has 1 atom stereocenters. The average Bonchev–Trinajstić information content (AvgIpc) is 2.54. The van der Waals surface area contributed by atoms with Gasteiger partial charge in [-0.15, -0.1) is 0 Å². The van der Waals surface area contributed by atoms with Crippen LogP contribution in [0.2, 0.25) is 5.02 Å². The fourth-order valence-electron chi connectivity index (χ4n) is 2.27. The van der Waals surface area contributed by atoms with Crippen LogP contribution in [0, 0.1) is 0 Å². The number of amides is 2. The Hall–Kier alpha value is -2.58. The van der Waals surface area contributed by atoms with E-state index in [0.717, 1.165) is 6.54 Å². The molecule has 0 spiro atoms. The van der Waals surface area contributed by atoms with E-state index in [9.17, 15) is 4.79 Å². The monoisotopic (exact) mass is 379 g/mol. The second-order valence-electron chi connectivity index (χ2n) is 5.86. The molecule has 1 aromatic heterocycles. The minimum Gasteiger partial charge on any atom is -0.495 e. The van der Waals surface area contributed by atoms with Crippen molar-refractivity contribution >= 4 is 29.1 Å². The SMILES string of the molecule is COc1ccc(Cl)cc1NC(=O)Nc1cncc(O[C@@H](C)CN(C)C)n1. The van der Waals surface area contributed by atoms with Gasteiger partial charge in [0.25, 0.3) is 0 Å². The second-order valence-corrected chi connectivity index (χ2v) is 6.29. The van der Waals surface area contributed by atoms with Crippen molar-refractivity contribution in [3.8, 4) is 11.6 Å². The third-order valence-electron chi connectivity index (χ3n) is 3.21. The van der Waals surface area contributed by atoms with Gasteiger partial charge in [-0.1, -0.05) is 11.6 Å². The summed E-state index contributed by atoms with van der Waals surface area (Å²) in [6, 6.07) is 4.43. The molecule has 26 heavy (non-hydrogen) atoms. The average molecular weight is 380 g/mol. The van der Waals surface area contributed by atoms with Crippen LogP contribution >= 0.6 is 11.6 Å². The number of benzene rings is 1. The van der Waals surface area contributed by atoms with Gasteiger partial charge < -0.3 is 19.7 Å². The largest absolute Gasteiger partial charge is 0.495 e. The van der Waals surface area contributed by atoms with Gasteiger partial charge in [0.2, 0.25) is 5.88 Å². The fraction of sp³-hybridized carbons (Fsp3) is 0.353. The van der Waals surface area contributed by atoms with Gasteiger partial charge in [-0.3, -0.25) is 10.3 Å². The van der Waals surface area contributed by atoms with Crippen LogP contribution < -0.4 is 20.1 Å². The highest BCUT2D eigenvalue weighted by Crippen LogP contribution is 2.27. The van der Waals surface area contributed by atoms with Crippen molar-refractivity contribution < 1.29 is 14.3 Å². The van der Waals surface area contributed by atoms with Gasteiger partial charge in [-0.05, 0) is 39.2 Å². The lowest BCUT2D eigenvalue weighted by Gasteiger charge is -2.18. The van der Waals surface area contributed by atoms with E-state index in [-0.39, 0.29) is 11.9 Å². The Kier molecular flexibility index (Phi) is 6.99. The molecule has 0 radical (unpaired) electrons. The maximum absolute atomic E-state index is 12.2. The number of nitrogens with one attached hydrogen (secondary N) is 2. The van der Waals surface area contributed by atoms with Gasteiger partial charge in [-0.25, -0.2) is 4.79 Å². The maximum atomic E-state index is 12.2. The standard InChI is InChI=1S/C17H22ClN5O3/c1-11(10-23(2)3)26-16-9-19-8-15(21-16)22-17(24)20-13-7-12(18)5-6-14(13)25-4/h5-9,11H,10H2,1-4H3,(H2,20,21,22,24)/t11-/m0/s1. The molecule has 0 saturated carbocycles. The molecule has 140 valence electrons. The molecular formula is C17H22ClN5O3. The zero-order valence-corrected chi connectivity index (χ0v) is 15.9. The smallest absolute Gasteiger partial charge is 0.325 e. The van der Waals surface area contributed by atoms with Crippen molar-refractivity contribution in [1.29, 1.82) is 0 Å². The molecule has 1 aromatic carbocycles. The van der Waals surface area contributed by atoms with Crippen molar-refractivity contribution in [3.63, 3.8) is 0 Å². The Morgan fingerprint density at radius 1 is 1.31 bits per heavy atom. The van der Waals surface area contributed by atoms with Crippen LogP contribution in [0.15, 0.2) is 30.6 Å². The maximum Gasteiger partial charge on any atom is 0.325 e. The summed E-state index contributed by atoms with van der Waals surface area (Å²) in [6.45, 7) is 2.66. The van der Waals surface area contributed by atoms with E-state index >= 15 is 0 Å². The highest BCUT2D eigenvalue weighted by atomic mass is 35.5.